The van der Waals surface area contributed by atoms with Gasteiger partial charge in [-0.1, -0.05) is 6.07 Å². The molecule has 0 saturated carbocycles. The van der Waals surface area contributed by atoms with Gasteiger partial charge in [0.15, 0.2) is 0 Å². The zero-order valence-corrected chi connectivity index (χ0v) is 16.2. The van der Waals surface area contributed by atoms with E-state index in [1.807, 2.05) is 15.9 Å². The van der Waals surface area contributed by atoms with Crippen LogP contribution in [0.25, 0.3) is 6.08 Å². The second-order valence-electron chi connectivity index (χ2n) is 7.70. The number of carbonyl (C=O) groups is 2. The lowest BCUT2D eigenvalue weighted by atomic mass is 9.94. The van der Waals surface area contributed by atoms with E-state index in [-0.39, 0.29) is 23.9 Å². The zero-order valence-electron chi connectivity index (χ0n) is 16.2. The lowest BCUT2D eigenvalue weighted by Crippen LogP contribution is -2.48. The topological polar surface area (TPSA) is 61.9 Å². The predicted molar refractivity (Wildman–Crippen MR) is 104 cm³/mol. The van der Waals surface area contributed by atoms with Gasteiger partial charge in [0.1, 0.15) is 11.9 Å². The third-order valence-electron chi connectivity index (χ3n) is 6.13. The van der Waals surface area contributed by atoms with Crippen molar-refractivity contribution in [2.45, 2.75) is 39.3 Å². The average molecular weight is 369 g/mol. The lowest BCUT2D eigenvalue weighted by molar-refractivity contribution is -0.140. The fourth-order valence-electron chi connectivity index (χ4n) is 4.48. The van der Waals surface area contributed by atoms with E-state index >= 15 is 0 Å². The molecule has 0 aliphatic carbocycles. The molecule has 0 radical (unpaired) electrons. The van der Waals surface area contributed by atoms with Gasteiger partial charge in [-0.05, 0) is 49.5 Å². The van der Waals surface area contributed by atoms with Crippen LogP contribution in [-0.2, 0) is 9.59 Å². The molecular weight excluding hydrogens is 342 g/mol. The Kier molecular flexibility index (Phi) is 4.58. The first-order valence-electron chi connectivity index (χ1n) is 9.70. The number of carbonyl (C=O) groups excluding carboxylic acids is 2. The van der Waals surface area contributed by atoms with E-state index in [0.717, 1.165) is 42.8 Å². The molecule has 1 atom stereocenters. The Morgan fingerprint density at radius 3 is 2.59 bits per heavy atom. The van der Waals surface area contributed by atoms with Crippen molar-refractivity contribution < 1.29 is 14.3 Å². The number of fused-ring (bicyclic) bond motifs is 2. The Hall–Kier alpha value is -2.50. The number of piperidine rings is 1. The number of anilines is 1. The molecule has 4 rings (SSSR count). The van der Waals surface area contributed by atoms with Crippen LogP contribution in [0.4, 0.5) is 5.69 Å². The molecule has 0 aromatic heterocycles. The molecule has 144 valence electrons. The molecule has 6 nitrogen and oxygen atoms in total. The molecule has 3 aliphatic heterocycles. The lowest BCUT2D eigenvalue weighted by Gasteiger charge is -2.36. The maximum atomic E-state index is 13.2. The third kappa shape index (κ3) is 3.07. The number of methoxy groups -OCH3 is 1. The van der Waals surface area contributed by atoms with Crippen molar-refractivity contribution in [3.8, 4) is 5.75 Å². The van der Waals surface area contributed by atoms with E-state index in [4.69, 9.17) is 4.74 Å². The Balaban J connectivity index is 1.53. The van der Waals surface area contributed by atoms with Crippen LogP contribution in [0.5, 0.6) is 5.75 Å². The summed E-state index contributed by atoms with van der Waals surface area (Å²) in [6, 6.07) is 4.04. The predicted octanol–water partition coefficient (Wildman–Crippen LogP) is 2.63. The molecule has 1 aromatic rings. The van der Waals surface area contributed by atoms with E-state index in [2.05, 4.69) is 24.4 Å². The van der Waals surface area contributed by atoms with Gasteiger partial charge >= 0.3 is 0 Å². The zero-order chi connectivity index (χ0) is 19.1. The van der Waals surface area contributed by atoms with Gasteiger partial charge < -0.3 is 19.9 Å². The summed E-state index contributed by atoms with van der Waals surface area (Å²) in [4.78, 5) is 28.5. The molecule has 3 aliphatic rings. The molecule has 0 spiro atoms. The highest BCUT2D eigenvalue weighted by Gasteiger charge is 2.39. The standard InChI is InChI=1S/C21H27N3O3/c1-13-4-5-18(27-3)19-17(13)12-16-8-11-24(20(16)22-19)21(26)15-6-9-23(10-7-15)14(2)25/h4-5,12,15,20,22H,6-11H2,1-3H3. The number of benzene rings is 1. The molecule has 2 amide bonds. The number of nitrogens with zero attached hydrogens (tertiary/aromatic N) is 2. The van der Waals surface area contributed by atoms with Gasteiger partial charge in [-0.25, -0.2) is 0 Å². The summed E-state index contributed by atoms with van der Waals surface area (Å²) in [7, 11) is 1.67. The van der Waals surface area contributed by atoms with Crippen molar-refractivity contribution in [2.24, 2.45) is 5.92 Å². The van der Waals surface area contributed by atoms with Gasteiger partial charge in [-0.2, -0.15) is 0 Å². The summed E-state index contributed by atoms with van der Waals surface area (Å²) in [5.74, 6) is 1.11. The Bertz CT molecular complexity index is 809. The van der Waals surface area contributed by atoms with Gasteiger partial charge in [0.05, 0.1) is 12.8 Å². The van der Waals surface area contributed by atoms with Crippen LogP contribution in [-0.4, -0.2) is 54.5 Å². The molecule has 1 unspecified atom stereocenters. The van der Waals surface area contributed by atoms with Crippen molar-refractivity contribution in [2.75, 3.05) is 32.1 Å². The van der Waals surface area contributed by atoms with Crippen LogP contribution in [0.1, 0.15) is 37.3 Å². The highest BCUT2D eigenvalue weighted by Crippen LogP contribution is 2.41. The van der Waals surface area contributed by atoms with Crippen molar-refractivity contribution in [3.63, 3.8) is 0 Å². The highest BCUT2D eigenvalue weighted by molar-refractivity contribution is 5.85. The maximum Gasteiger partial charge on any atom is 0.227 e. The van der Waals surface area contributed by atoms with Crippen LogP contribution < -0.4 is 10.1 Å². The molecular formula is C21H27N3O3. The van der Waals surface area contributed by atoms with E-state index in [1.54, 1.807) is 14.0 Å². The highest BCUT2D eigenvalue weighted by atomic mass is 16.5. The van der Waals surface area contributed by atoms with Gasteiger partial charge in [0.2, 0.25) is 11.8 Å². The van der Waals surface area contributed by atoms with E-state index < -0.39 is 0 Å². The summed E-state index contributed by atoms with van der Waals surface area (Å²) in [5.41, 5.74) is 4.58. The first-order valence-corrected chi connectivity index (χ1v) is 9.70. The second kappa shape index (κ2) is 6.91. The minimum Gasteiger partial charge on any atom is -0.495 e. The van der Waals surface area contributed by atoms with Gasteiger partial charge in [-0.15, -0.1) is 0 Å². The van der Waals surface area contributed by atoms with Crippen LogP contribution in [0, 0.1) is 12.8 Å². The SMILES string of the molecule is COc1ccc(C)c2c1NC1C(=C2)CCN1C(=O)C1CCN(C(C)=O)CC1. The van der Waals surface area contributed by atoms with Crippen molar-refractivity contribution in [1.82, 2.24) is 9.80 Å². The molecule has 3 heterocycles. The molecule has 2 fully saturated rings. The van der Waals surface area contributed by atoms with E-state index in [9.17, 15) is 9.59 Å². The minimum atomic E-state index is -0.0912. The number of amides is 2. The van der Waals surface area contributed by atoms with Gasteiger partial charge in [0.25, 0.3) is 0 Å². The fraction of sp³-hybridized carbons (Fsp3) is 0.524. The Morgan fingerprint density at radius 2 is 1.93 bits per heavy atom. The first kappa shape index (κ1) is 17.9. The van der Waals surface area contributed by atoms with Crippen molar-refractivity contribution in [3.05, 3.63) is 28.8 Å². The van der Waals surface area contributed by atoms with E-state index in [0.29, 0.717) is 13.1 Å². The number of hydrogen-bond donors (Lipinski definition) is 1. The normalized spacial score (nSPS) is 21.9. The molecule has 6 heteroatoms. The number of likely N-dealkylation sites (tertiary alicyclic amines) is 2. The molecule has 27 heavy (non-hydrogen) atoms. The second-order valence-corrected chi connectivity index (χ2v) is 7.70. The number of nitrogens with one attached hydrogen (secondary N) is 1. The summed E-state index contributed by atoms with van der Waals surface area (Å²) >= 11 is 0. The van der Waals surface area contributed by atoms with Crippen LogP contribution in [0.2, 0.25) is 0 Å². The molecule has 1 aromatic carbocycles. The molecule has 1 N–H and O–H groups in total. The van der Waals surface area contributed by atoms with Gasteiger partial charge in [0, 0.05) is 38.0 Å². The third-order valence-corrected chi connectivity index (χ3v) is 6.13. The van der Waals surface area contributed by atoms with Crippen molar-refractivity contribution >= 4 is 23.6 Å². The fourth-order valence-corrected chi connectivity index (χ4v) is 4.48. The largest absolute Gasteiger partial charge is 0.495 e. The van der Waals surface area contributed by atoms with Crippen molar-refractivity contribution in [1.29, 1.82) is 0 Å². The number of rotatable bonds is 2. The molecule has 0 bridgehead atoms. The summed E-state index contributed by atoms with van der Waals surface area (Å²) in [6.45, 7) is 5.79. The Labute approximate surface area is 160 Å². The summed E-state index contributed by atoms with van der Waals surface area (Å²) in [6.07, 6.45) is 4.53. The average Bonchev–Trinajstić information content (AvgIpc) is 3.09. The smallest absolute Gasteiger partial charge is 0.227 e. The summed E-state index contributed by atoms with van der Waals surface area (Å²) < 4.78 is 5.53. The minimum absolute atomic E-state index is 0.00236. The quantitative estimate of drug-likeness (QED) is 0.871. The van der Waals surface area contributed by atoms with Crippen LogP contribution >= 0.6 is 0 Å². The van der Waals surface area contributed by atoms with Crippen LogP contribution in [0.3, 0.4) is 0 Å². The number of ether oxygens (including phenoxy) is 1. The monoisotopic (exact) mass is 369 g/mol. The van der Waals surface area contributed by atoms with Crippen LogP contribution in [0.15, 0.2) is 17.7 Å². The Morgan fingerprint density at radius 1 is 1.19 bits per heavy atom. The van der Waals surface area contributed by atoms with Gasteiger partial charge in [-0.3, -0.25) is 9.59 Å². The maximum absolute atomic E-state index is 13.2. The number of hydrogen-bond acceptors (Lipinski definition) is 4. The first-order chi connectivity index (χ1) is 13.0. The summed E-state index contributed by atoms with van der Waals surface area (Å²) in [5, 5.41) is 3.56. The molecule has 2 saturated heterocycles. The number of aryl methyl sites for hydroxylation is 1. The van der Waals surface area contributed by atoms with E-state index in [1.165, 1.54) is 11.1 Å².